The molecule has 4 N–H and O–H groups in total. The van der Waals surface area contributed by atoms with Gasteiger partial charge in [0.1, 0.15) is 12.1 Å². The average molecular weight is 441 g/mol. The maximum Gasteiger partial charge on any atom is 0.243 e. The summed E-state index contributed by atoms with van der Waals surface area (Å²) in [7, 11) is 0. The number of hydrogen-bond acceptors (Lipinski definition) is 2. The first kappa shape index (κ1) is 21.1. The van der Waals surface area contributed by atoms with E-state index in [1.165, 1.54) is 11.1 Å². The highest BCUT2D eigenvalue weighted by Crippen LogP contribution is 2.25. The van der Waals surface area contributed by atoms with E-state index in [-0.39, 0.29) is 11.8 Å². The van der Waals surface area contributed by atoms with Gasteiger partial charge in [-0.2, -0.15) is 0 Å². The number of nitrogens with one attached hydrogen (secondary N) is 4. The first-order valence-electron chi connectivity index (χ1n) is 11.4. The van der Waals surface area contributed by atoms with Gasteiger partial charge >= 0.3 is 0 Å². The summed E-state index contributed by atoms with van der Waals surface area (Å²) in [5.74, 6) is -0.288. The zero-order valence-electron chi connectivity index (χ0n) is 18.9. The van der Waals surface area contributed by atoms with E-state index < -0.39 is 12.1 Å². The van der Waals surface area contributed by atoms with Crippen molar-refractivity contribution >= 4 is 33.6 Å². The number of carbonyl (C=O) groups excluding carboxylic acids is 2. The molecule has 0 unspecified atom stereocenters. The Balaban J connectivity index is 1.31. The minimum atomic E-state index is -0.586. The largest absolute Gasteiger partial charge is 0.361 e. The molecule has 4 aromatic rings. The first-order chi connectivity index (χ1) is 16.0. The predicted molar refractivity (Wildman–Crippen MR) is 131 cm³/mol. The number of H-pyrrole nitrogens is 2. The van der Waals surface area contributed by atoms with Gasteiger partial charge in [-0.25, -0.2) is 0 Å². The Morgan fingerprint density at radius 1 is 0.788 bits per heavy atom. The van der Waals surface area contributed by atoms with Crippen LogP contribution >= 0.6 is 0 Å². The number of amides is 2. The smallest absolute Gasteiger partial charge is 0.243 e. The number of rotatable bonds is 6. The van der Waals surface area contributed by atoms with Gasteiger partial charge in [0.25, 0.3) is 0 Å². The number of hydrogen-bond donors (Lipinski definition) is 4. The fraction of sp³-hybridized carbons (Fsp3) is 0.259. The van der Waals surface area contributed by atoms with Crippen molar-refractivity contribution in [1.29, 1.82) is 0 Å². The van der Waals surface area contributed by atoms with Crippen LogP contribution in [-0.4, -0.2) is 33.9 Å². The third-order valence-corrected chi connectivity index (χ3v) is 6.41. The quantitative estimate of drug-likeness (QED) is 0.342. The number of fused-ring (bicyclic) bond motifs is 2. The SMILES string of the molecule is CC(C)=CCc1cccc2c(C[C@@H]3NC(=O)[C@H](Cc4c[nH]c5ccccc45)NC3=O)c[nH]c12. The van der Waals surface area contributed by atoms with Crippen LogP contribution in [0.1, 0.15) is 30.5 Å². The lowest BCUT2D eigenvalue weighted by atomic mass is 9.97. The van der Waals surface area contributed by atoms with Crippen molar-refractivity contribution in [3.05, 3.63) is 83.2 Å². The lowest BCUT2D eigenvalue weighted by molar-refractivity contribution is -0.136. The van der Waals surface area contributed by atoms with Crippen molar-refractivity contribution in [2.45, 2.75) is 45.2 Å². The molecule has 5 rings (SSSR count). The molecule has 0 radical (unpaired) electrons. The fourth-order valence-corrected chi connectivity index (χ4v) is 4.63. The zero-order chi connectivity index (χ0) is 22.9. The Hall–Kier alpha value is -3.80. The van der Waals surface area contributed by atoms with Gasteiger partial charge in [-0.05, 0) is 43.0 Å². The van der Waals surface area contributed by atoms with Crippen molar-refractivity contribution < 1.29 is 9.59 Å². The molecule has 168 valence electrons. The maximum absolute atomic E-state index is 12.9. The normalized spacial score (nSPS) is 18.4. The average Bonchev–Trinajstić information content (AvgIpc) is 3.40. The Kier molecular flexibility index (Phi) is 5.50. The highest BCUT2D eigenvalue weighted by Gasteiger charge is 2.34. The summed E-state index contributed by atoms with van der Waals surface area (Å²) in [6, 6.07) is 13.0. The second kappa shape index (κ2) is 8.62. The number of aromatic nitrogens is 2. The third-order valence-electron chi connectivity index (χ3n) is 6.41. The Morgan fingerprint density at radius 3 is 2.15 bits per heavy atom. The van der Waals surface area contributed by atoms with E-state index in [1.807, 2.05) is 42.7 Å². The Morgan fingerprint density at radius 2 is 1.42 bits per heavy atom. The van der Waals surface area contributed by atoms with E-state index in [0.717, 1.165) is 39.4 Å². The highest BCUT2D eigenvalue weighted by atomic mass is 16.2. The lowest BCUT2D eigenvalue weighted by Gasteiger charge is -2.29. The molecule has 2 atom stereocenters. The second-order valence-corrected chi connectivity index (χ2v) is 9.03. The van der Waals surface area contributed by atoms with Crippen molar-refractivity contribution in [1.82, 2.24) is 20.6 Å². The molecule has 2 amide bonds. The van der Waals surface area contributed by atoms with Gasteiger partial charge in [0.15, 0.2) is 0 Å². The molecule has 1 fully saturated rings. The van der Waals surface area contributed by atoms with Crippen LogP contribution < -0.4 is 10.6 Å². The van der Waals surface area contributed by atoms with Crippen LogP contribution in [0.5, 0.6) is 0 Å². The van der Waals surface area contributed by atoms with Crippen LogP contribution in [-0.2, 0) is 28.9 Å². The van der Waals surface area contributed by atoms with Crippen LogP contribution in [0.3, 0.4) is 0 Å². The lowest BCUT2D eigenvalue weighted by Crippen LogP contribution is -2.62. The van der Waals surface area contributed by atoms with Crippen molar-refractivity contribution in [2.24, 2.45) is 0 Å². The number of para-hydroxylation sites is 2. The van der Waals surface area contributed by atoms with Crippen LogP contribution in [0.15, 0.2) is 66.5 Å². The van der Waals surface area contributed by atoms with E-state index in [1.54, 1.807) is 0 Å². The van der Waals surface area contributed by atoms with Gasteiger partial charge in [-0.15, -0.1) is 0 Å². The third kappa shape index (κ3) is 4.16. The van der Waals surface area contributed by atoms with Crippen LogP contribution in [0.2, 0.25) is 0 Å². The minimum Gasteiger partial charge on any atom is -0.361 e. The summed E-state index contributed by atoms with van der Waals surface area (Å²) in [5, 5.41) is 8.06. The molecule has 2 aromatic carbocycles. The van der Waals surface area contributed by atoms with Crippen LogP contribution in [0.25, 0.3) is 21.8 Å². The van der Waals surface area contributed by atoms with Gasteiger partial charge < -0.3 is 20.6 Å². The molecule has 0 bridgehead atoms. The predicted octanol–water partition coefficient (Wildman–Crippen LogP) is 3.93. The standard InChI is InChI=1S/C27H28N4O2/c1-16(2)10-11-17-6-5-8-21-19(15-29-25(17)21)13-24-27(33)30-23(26(32)31-24)12-18-14-28-22-9-4-3-7-20(18)22/h3-10,14-15,23-24,28-29H,11-13H2,1-2H3,(H,30,33)(H,31,32)/t23-,24-/m0/s1. The van der Waals surface area contributed by atoms with Crippen molar-refractivity contribution in [3.8, 4) is 0 Å². The number of piperazine rings is 1. The van der Waals surface area contributed by atoms with Crippen molar-refractivity contribution in [3.63, 3.8) is 0 Å². The van der Waals surface area contributed by atoms with Gasteiger partial charge in [0.2, 0.25) is 11.8 Å². The fourth-order valence-electron chi connectivity index (χ4n) is 4.63. The second-order valence-electron chi connectivity index (χ2n) is 9.03. The van der Waals surface area contributed by atoms with Crippen LogP contribution in [0, 0.1) is 0 Å². The molecule has 0 saturated carbocycles. The highest BCUT2D eigenvalue weighted by molar-refractivity contribution is 5.98. The molecule has 33 heavy (non-hydrogen) atoms. The number of allylic oxidation sites excluding steroid dienone is 2. The summed E-state index contributed by atoms with van der Waals surface area (Å²) in [5.41, 5.74) is 6.66. The summed E-state index contributed by atoms with van der Waals surface area (Å²) in [4.78, 5) is 32.4. The molecular formula is C27H28N4O2. The molecule has 6 nitrogen and oxygen atoms in total. The van der Waals surface area contributed by atoms with Crippen LogP contribution in [0.4, 0.5) is 0 Å². The molecule has 3 heterocycles. The van der Waals surface area contributed by atoms with Crippen molar-refractivity contribution in [2.75, 3.05) is 0 Å². The van der Waals surface area contributed by atoms with E-state index >= 15 is 0 Å². The molecule has 0 spiro atoms. The summed E-state index contributed by atoms with van der Waals surface area (Å²) in [6.07, 6.45) is 7.83. The molecule has 1 aliphatic rings. The zero-order valence-corrected chi connectivity index (χ0v) is 18.9. The number of carbonyl (C=O) groups is 2. The van der Waals surface area contributed by atoms with Gasteiger partial charge in [0.05, 0.1) is 0 Å². The summed E-state index contributed by atoms with van der Waals surface area (Å²) < 4.78 is 0. The molecule has 2 aromatic heterocycles. The number of benzene rings is 2. The maximum atomic E-state index is 12.9. The van der Waals surface area contributed by atoms with E-state index in [9.17, 15) is 9.59 Å². The van der Waals surface area contributed by atoms with E-state index in [4.69, 9.17) is 0 Å². The Bertz CT molecular complexity index is 1370. The monoisotopic (exact) mass is 440 g/mol. The summed E-state index contributed by atoms with van der Waals surface area (Å²) >= 11 is 0. The molecule has 1 aliphatic heterocycles. The Labute approximate surface area is 192 Å². The minimum absolute atomic E-state index is 0.144. The summed E-state index contributed by atoms with van der Waals surface area (Å²) in [6.45, 7) is 4.19. The van der Waals surface area contributed by atoms with E-state index in [2.05, 4.69) is 52.7 Å². The topological polar surface area (TPSA) is 89.8 Å². The molecule has 1 saturated heterocycles. The first-order valence-corrected chi connectivity index (χ1v) is 11.4. The molecular weight excluding hydrogens is 412 g/mol. The van der Waals surface area contributed by atoms with Gasteiger partial charge in [-0.3, -0.25) is 9.59 Å². The van der Waals surface area contributed by atoms with Gasteiger partial charge in [0, 0.05) is 47.0 Å². The van der Waals surface area contributed by atoms with Gasteiger partial charge in [-0.1, -0.05) is 48.0 Å². The molecule has 0 aliphatic carbocycles. The number of aromatic amines is 2. The molecule has 6 heteroatoms. The van der Waals surface area contributed by atoms with E-state index in [0.29, 0.717) is 12.8 Å².